The van der Waals surface area contributed by atoms with Crippen LogP contribution >= 0.6 is 0 Å². The highest BCUT2D eigenvalue weighted by molar-refractivity contribution is 7.80. The summed E-state index contributed by atoms with van der Waals surface area (Å²) in [7, 11) is -4.17. The van der Waals surface area contributed by atoms with Crippen molar-refractivity contribution in [1.29, 1.82) is 0 Å². The lowest BCUT2D eigenvalue weighted by molar-refractivity contribution is -0.139. The molecule has 1 atom stereocenters. The average molecular weight is 273 g/mol. The molecule has 0 unspecified atom stereocenters. The first-order chi connectivity index (χ1) is 7.60. The van der Waals surface area contributed by atoms with Gasteiger partial charge in [-0.2, -0.15) is 8.42 Å². The van der Waals surface area contributed by atoms with Crippen LogP contribution in [-0.2, 0) is 24.2 Å². The van der Waals surface area contributed by atoms with Crippen molar-refractivity contribution in [3.63, 3.8) is 0 Å². The highest BCUT2D eigenvalue weighted by atomic mass is 32.3. The Morgan fingerprint density at radius 3 is 2.00 bits per heavy atom. The summed E-state index contributed by atoms with van der Waals surface area (Å²) >= 11 is 0. The first-order valence-electron chi connectivity index (χ1n) is 4.42. The molecule has 0 fully saturated rings. The van der Waals surface area contributed by atoms with Crippen LogP contribution in [0.1, 0.15) is 19.8 Å². The molecule has 0 aromatic carbocycles. The maximum atomic E-state index is 9.99. The van der Waals surface area contributed by atoms with Crippen molar-refractivity contribution in [2.24, 2.45) is 5.73 Å². The SMILES string of the molecule is CCOS(=O)(=O)O.N[C@@H](CCC(=O)O)C(=O)O. The van der Waals surface area contributed by atoms with Crippen LogP contribution in [0.2, 0.25) is 0 Å². The van der Waals surface area contributed by atoms with Crippen LogP contribution in [0, 0.1) is 0 Å². The minimum absolute atomic E-state index is 0.0231. The van der Waals surface area contributed by atoms with Crippen LogP contribution in [0.4, 0.5) is 0 Å². The number of aliphatic carboxylic acids is 2. The predicted molar refractivity (Wildman–Crippen MR) is 55.7 cm³/mol. The fourth-order valence-corrected chi connectivity index (χ4v) is 0.849. The first kappa shape index (κ1) is 18.1. The van der Waals surface area contributed by atoms with E-state index in [0.717, 1.165) is 0 Å². The number of hydrogen-bond donors (Lipinski definition) is 4. The molecule has 10 heteroatoms. The number of carboxylic acid groups (broad SMARTS) is 2. The van der Waals surface area contributed by atoms with Crippen molar-refractivity contribution in [3.05, 3.63) is 0 Å². The molecule has 102 valence electrons. The van der Waals surface area contributed by atoms with Crippen molar-refractivity contribution < 1.29 is 37.0 Å². The Kier molecular flexibility index (Phi) is 9.47. The molecule has 0 spiro atoms. The van der Waals surface area contributed by atoms with Crippen LogP contribution < -0.4 is 5.73 Å². The lowest BCUT2D eigenvalue weighted by atomic mass is 10.2. The molecule has 0 saturated carbocycles. The van der Waals surface area contributed by atoms with E-state index >= 15 is 0 Å². The van der Waals surface area contributed by atoms with Crippen molar-refractivity contribution in [3.8, 4) is 0 Å². The highest BCUT2D eigenvalue weighted by Gasteiger charge is 2.12. The van der Waals surface area contributed by atoms with Crippen molar-refractivity contribution in [1.82, 2.24) is 0 Å². The van der Waals surface area contributed by atoms with E-state index in [9.17, 15) is 18.0 Å². The zero-order valence-electron chi connectivity index (χ0n) is 9.07. The van der Waals surface area contributed by atoms with Gasteiger partial charge in [0.25, 0.3) is 0 Å². The molecule has 5 N–H and O–H groups in total. The fourth-order valence-electron chi connectivity index (χ4n) is 0.551. The molecule has 0 rings (SSSR count). The normalized spacial score (nSPS) is 12.2. The molecular formula is C7H15NO8S. The summed E-state index contributed by atoms with van der Waals surface area (Å²) < 4.78 is 30.7. The third kappa shape index (κ3) is 17.4. The second kappa shape index (κ2) is 8.87. The average Bonchev–Trinajstić information content (AvgIpc) is 2.12. The van der Waals surface area contributed by atoms with Gasteiger partial charge in [0.15, 0.2) is 0 Å². The van der Waals surface area contributed by atoms with Gasteiger partial charge in [-0.05, 0) is 13.3 Å². The zero-order valence-corrected chi connectivity index (χ0v) is 9.88. The number of hydrogen-bond acceptors (Lipinski definition) is 6. The van der Waals surface area contributed by atoms with Gasteiger partial charge >= 0.3 is 22.3 Å². The van der Waals surface area contributed by atoms with Crippen molar-refractivity contribution >= 4 is 22.3 Å². The number of rotatable bonds is 6. The van der Waals surface area contributed by atoms with E-state index in [1.807, 2.05) is 0 Å². The Bertz CT molecular complexity index is 338. The molecule has 0 saturated heterocycles. The molecule has 0 aliphatic carbocycles. The summed E-state index contributed by atoms with van der Waals surface area (Å²) in [6.45, 7) is 1.44. The van der Waals surface area contributed by atoms with E-state index in [-0.39, 0.29) is 19.4 Å². The highest BCUT2D eigenvalue weighted by Crippen LogP contribution is 1.93. The molecule has 9 nitrogen and oxygen atoms in total. The van der Waals surface area contributed by atoms with Crippen LogP contribution in [-0.4, -0.2) is 47.8 Å². The number of nitrogens with two attached hydrogens (primary N) is 1. The van der Waals surface area contributed by atoms with Gasteiger partial charge in [0.2, 0.25) is 0 Å². The predicted octanol–water partition coefficient (Wildman–Crippen LogP) is -0.911. The molecule has 0 aromatic rings. The molecule has 0 aliphatic heterocycles. The standard InChI is InChI=1S/C5H9NO4.C2H6O4S/c6-3(5(9)10)1-2-4(7)8;1-2-6-7(3,4)5/h3H,1-2,6H2,(H,7,8)(H,9,10);2H2,1H3,(H,3,4,5)/t3-;/m0./s1. The smallest absolute Gasteiger partial charge is 0.397 e. The summed E-state index contributed by atoms with van der Waals surface area (Å²) in [5.74, 6) is -2.20. The second-order valence-corrected chi connectivity index (χ2v) is 3.80. The van der Waals surface area contributed by atoms with Gasteiger partial charge in [-0.1, -0.05) is 0 Å². The maximum Gasteiger partial charge on any atom is 0.397 e. The minimum atomic E-state index is -4.17. The molecule has 17 heavy (non-hydrogen) atoms. The van der Waals surface area contributed by atoms with Crippen LogP contribution in [0.5, 0.6) is 0 Å². The van der Waals surface area contributed by atoms with E-state index in [1.165, 1.54) is 6.92 Å². The summed E-state index contributed by atoms with van der Waals surface area (Å²) in [6.07, 6.45) is -0.224. The third-order valence-corrected chi connectivity index (χ3v) is 1.79. The molecule has 0 amide bonds. The number of carboxylic acids is 2. The third-order valence-electron chi connectivity index (χ3n) is 1.25. The summed E-state index contributed by atoms with van der Waals surface area (Å²) in [5.41, 5.74) is 5.00. The monoisotopic (exact) mass is 273 g/mol. The second-order valence-electron chi connectivity index (χ2n) is 2.71. The molecule has 0 aromatic heterocycles. The molecule has 0 bridgehead atoms. The van der Waals surface area contributed by atoms with E-state index in [2.05, 4.69) is 4.18 Å². The van der Waals surface area contributed by atoms with Gasteiger partial charge in [-0.25, -0.2) is 4.18 Å². The minimum Gasteiger partial charge on any atom is -0.481 e. The Balaban J connectivity index is 0. The van der Waals surface area contributed by atoms with Crippen LogP contribution in [0.15, 0.2) is 0 Å². The van der Waals surface area contributed by atoms with Crippen LogP contribution in [0.3, 0.4) is 0 Å². The van der Waals surface area contributed by atoms with Gasteiger partial charge in [0, 0.05) is 6.42 Å². The summed E-state index contributed by atoms with van der Waals surface area (Å²) in [4.78, 5) is 19.9. The van der Waals surface area contributed by atoms with Gasteiger partial charge in [-0.15, -0.1) is 0 Å². The van der Waals surface area contributed by atoms with Gasteiger partial charge in [-0.3, -0.25) is 14.1 Å². The Morgan fingerprint density at radius 2 is 1.82 bits per heavy atom. The lowest BCUT2D eigenvalue weighted by Crippen LogP contribution is -2.30. The van der Waals surface area contributed by atoms with E-state index < -0.39 is 28.4 Å². The molecular weight excluding hydrogens is 258 g/mol. The van der Waals surface area contributed by atoms with E-state index in [1.54, 1.807) is 0 Å². The van der Waals surface area contributed by atoms with Crippen molar-refractivity contribution in [2.75, 3.05) is 6.61 Å². The fraction of sp³-hybridized carbons (Fsp3) is 0.714. The van der Waals surface area contributed by atoms with Gasteiger partial charge in [0.1, 0.15) is 6.04 Å². The molecule has 0 aliphatic rings. The summed E-state index contributed by atoms with van der Waals surface area (Å²) in [5, 5.41) is 16.3. The summed E-state index contributed by atoms with van der Waals surface area (Å²) in [6, 6.07) is -1.06. The first-order valence-corrected chi connectivity index (χ1v) is 5.78. The Hall–Kier alpha value is -1.23. The zero-order chi connectivity index (χ0) is 14.1. The maximum absolute atomic E-state index is 9.99. The van der Waals surface area contributed by atoms with Crippen LogP contribution in [0.25, 0.3) is 0 Å². The largest absolute Gasteiger partial charge is 0.481 e. The number of carbonyl (C=O) groups is 2. The Morgan fingerprint density at radius 1 is 1.35 bits per heavy atom. The van der Waals surface area contributed by atoms with Gasteiger partial charge < -0.3 is 15.9 Å². The van der Waals surface area contributed by atoms with E-state index in [4.69, 9.17) is 20.5 Å². The van der Waals surface area contributed by atoms with E-state index in [0.29, 0.717) is 0 Å². The van der Waals surface area contributed by atoms with Gasteiger partial charge in [0.05, 0.1) is 6.61 Å². The lowest BCUT2D eigenvalue weighted by Gasteiger charge is -2.01. The molecule has 0 heterocycles. The molecule has 0 radical (unpaired) electrons. The topological polar surface area (TPSA) is 164 Å². The quantitative estimate of drug-likeness (QED) is 0.448. The Labute approximate surface area is 98.1 Å². The van der Waals surface area contributed by atoms with Crippen molar-refractivity contribution in [2.45, 2.75) is 25.8 Å².